The monoisotopic (exact) mass is 1600 g/mol. The highest BCUT2D eigenvalue weighted by Gasteiger charge is 2.44. The fourth-order valence-corrected chi connectivity index (χ4v) is 14.0. The zero-order chi connectivity index (χ0) is 81.3. The highest BCUT2D eigenvalue weighted by atomic mass is 32.1. The van der Waals surface area contributed by atoms with Crippen LogP contribution in [0.25, 0.3) is 32.5 Å². The zero-order valence-electron chi connectivity index (χ0n) is 66.4. The number of methoxy groups -OCH3 is 1. The maximum absolute atomic E-state index is 14.1. The summed E-state index contributed by atoms with van der Waals surface area (Å²) >= 11 is 1.56. The first-order valence-corrected chi connectivity index (χ1v) is 39.4. The number of anilines is 2. The molecule has 34 nitrogen and oxygen atoms in total. The number of fused-ring (bicyclic) bond motifs is 2. The number of carbonyl (C=O) groups is 7. The molecule has 7 amide bonds. The molecular formula is C79H107N17O17S. The van der Waals surface area contributed by atoms with Crippen LogP contribution >= 0.6 is 11.3 Å². The third kappa shape index (κ3) is 23.8. The molecule has 2 aliphatic rings. The third-order valence-corrected chi connectivity index (χ3v) is 20.0. The summed E-state index contributed by atoms with van der Waals surface area (Å²) < 4.78 is 58.6. The number of morpholine rings is 1. The quantitative estimate of drug-likeness (QED) is 0.0173. The molecule has 5 aromatic heterocycles. The number of nitrogens with zero attached hydrogens (tertiary/aromatic N) is 11. The molecule has 3 unspecified atom stereocenters. The number of rotatable bonds is 45. The van der Waals surface area contributed by atoms with Gasteiger partial charge in [-0.15, -0.1) is 11.3 Å². The summed E-state index contributed by atoms with van der Waals surface area (Å²) in [6, 6.07) is 15.7. The van der Waals surface area contributed by atoms with Gasteiger partial charge in [0.05, 0.1) is 151 Å². The number of ether oxygens (including phenoxy) is 9. The van der Waals surface area contributed by atoms with Gasteiger partial charge >= 0.3 is 0 Å². The Bertz CT molecular complexity index is 4590. The number of primary amides is 1. The van der Waals surface area contributed by atoms with Gasteiger partial charge < -0.3 is 83.5 Å². The fraction of sp³-hybridized carbons (Fsp3) is 0.519. The normalized spacial score (nSPS) is 14.9. The van der Waals surface area contributed by atoms with Crippen molar-refractivity contribution in [2.24, 2.45) is 11.1 Å². The molecule has 0 spiro atoms. The number of aryl methyl sites for hydroxylation is 5. The number of aliphatic hydroxyl groups is 1. The van der Waals surface area contributed by atoms with E-state index < -0.39 is 53.1 Å². The maximum Gasteiger partial charge on any atom is 0.276 e. The van der Waals surface area contributed by atoms with Gasteiger partial charge in [0, 0.05) is 89.4 Å². The minimum Gasteiger partial charge on any atom is -0.494 e. The largest absolute Gasteiger partial charge is 0.494 e. The molecule has 616 valence electrons. The van der Waals surface area contributed by atoms with Crippen LogP contribution < -0.4 is 41.8 Å². The molecule has 10 rings (SSSR count). The minimum atomic E-state index is -0.960. The molecule has 3 aromatic carbocycles. The first-order valence-electron chi connectivity index (χ1n) is 38.5. The molecule has 35 heteroatoms. The Kier molecular flexibility index (Phi) is 32.1. The number of thiazole rings is 1. The summed E-state index contributed by atoms with van der Waals surface area (Å²) in [5.41, 5.74) is 13.9. The summed E-state index contributed by atoms with van der Waals surface area (Å²) in [4.78, 5) is 114. The van der Waals surface area contributed by atoms with Crippen LogP contribution in [-0.2, 0) is 80.3 Å². The molecule has 2 fully saturated rings. The van der Waals surface area contributed by atoms with E-state index in [2.05, 4.69) is 46.7 Å². The van der Waals surface area contributed by atoms with Crippen LogP contribution in [0.1, 0.15) is 118 Å². The SMILES string of the molecule is CCn1nc(C)cc1C(=O)Nc1nc2cc(C(=O)NCCOCCOCCOCCOCCOCCOCCC(=O)NC(C(=O)N3CC(O)CC3C(=O)NCc3ccc(-c4scnc4C)cc3)C(C)(C)C)cc(OC)c2n1CC=CCn1c(NC(=O)c2cc(C)nn2CC)nc2cc(C(N)=O)cc(OCCCN3CCOCC3)c21. The summed E-state index contributed by atoms with van der Waals surface area (Å²) in [6.45, 7) is 23.8. The standard InChI is InChI=1S/C79H107N17O17S/c1-10-95-62(41-51(3)89-95)74(102)87-77-85-60-44-57(46-64(105-9)67(60)92(77)22-12-13-23-93-68-59(84-78(93)88-75(103)63-42-52(4)90-96(63)11-2)43-56(71(80)99)45-65(68)113-26-14-21-91-24-29-108-30-25-91)72(100)81-20-28-107-32-34-110-36-38-112-40-39-111-37-35-109-33-31-106-27-19-66(98)86-70(79(6,7)8)76(104)94-49-58(97)47-61(94)73(101)82-48-54-15-17-55(18-16-54)69-53(5)83-50-114-69/h12-13,15-18,41-46,50,58,61,70,97H,10-11,14,19-40,47-49H2,1-9H3,(H2,80,99)(H,81,100)(H,82,101)(H,86,98)(H,84,88,103)(H,85,87,102). The van der Waals surface area contributed by atoms with E-state index in [4.69, 9.17) is 58.3 Å². The number of benzene rings is 3. The van der Waals surface area contributed by atoms with Gasteiger partial charge in [0.25, 0.3) is 17.7 Å². The summed E-state index contributed by atoms with van der Waals surface area (Å²) in [5, 5.41) is 34.2. The van der Waals surface area contributed by atoms with Crippen molar-refractivity contribution in [3.8, 4) is 21.9 Å². The van der Waals surface area contributed by atoms with E-state index in [0.717, 1.165) is 41.3 Å². The van der Waals surface area contributed by atoms with Crippen LogP contribution in [-0.4, -0.2) is 257 Å². The number of imidazole rings is 2. The van der Waals surface area contributed by atoms with Crippen LogP contribution in [0.4, 0.5) is 11.9 Å². The lowest BCUT2D eigenvalue weighted by molar-refractivity contribution is -0.144. The molecule has 0 aliphatic carbocycles. The Morgan fingerprint density at radius 3 is 1.74 bits per heavy atom. The van der Waals surface area contributed by atoms with Crippen LogP contribution in [0.3, 0.4) is 0 Å². The zero-order valence-corrected chi connectivity index (χ0v) is 67.2. The number of aromatic nitrogens is 9. The Morgan fingerprint density at radius 2 is 1.21 bits per heavy atom. The fourth-order valence-electron chi connectivity index (χ4n) is 13.2. The Labute approximate surface area is 666 Å². The van der Waals surface area contributed by atoms with E-state index in [1.807, 2.05) is 78.0 Å². The second-order valence-corrected chi connectivity index (χ2v) is 29.3. The van der Waals surface area contributed by atoms with Gasteiger partial charge in [-0.05, 0) is 94.0 Å². The molecule has 8 N–H and O–H groups in total. The van der Waals surface area contributed by atoms with Crippen molar-refractivity contribution >= 4 is 86.7 Å². The van der Waals surface area contributed by atoms with Gasteiger partial charge in [0.1, 0.15) is 46.0 Å². The van der Waals surface area contributed by atoms with Crippen molar-refractivity contribution in [3.63, 3.8) is 0 Å². The molecule has 114 heavy (non-hydrogen) atoms. The molecule has 7 heterocycles. The highest BCUT2D eigenvalue weighted by Crippen LogP contribution is 2.35. The Hall–Kier alpha value is -10.1. The summed E-state index contributed by atoms with van der Waals surface area (Å²) in [7, 11) is 1.48. The van der Waals surface area contributed by atoms with Crippen LogP contribution in [0, 0.1) is 26.2 Å². The second kappa shape index (κ2) is 42.3. The van der Waals surface area contributed by atoms with E-state index in [9.17, 15) is 38.7 Å². The molecule has 0 saturated carbocycles. The molecule has 0 radical (unpaired) electrons. The average molecular weight is 1600 g/mol. The van der Waals surface area contributed by atoms with Gasteiger partial charge in [-0.3, -0.25) is 58.5 Å². The van der Waals surface area contributed by atoms with E-state index in [1.165, 1.54) is 12.0 Å². The van der Waals surface area contributed by atoms with Gasteiger partial charge in [0.15, 0.2) is 0 Å². The molecule has 0 bridgehead atoms. The first kappa shape index (κ1) is 86.3. The van der Waals surface area contributed by atoms with E-state index >= 15 is 0 Å². The van der Waals surface area contributed by atoms with Crippen molar-refractivity contribution in [2.75, 3.05) is 150 Å². The predicted octanol–water partition coefficient (Wildman–Crippen LogP) is 5.87. The summed E-state index contributed by atoms with van der Waals surface area (Å²) in [5.74, 6) is -2.24. The average Bonchev–Trinajstić information content (AvgIpc) is 1.61. The van der Waals surface area contributed by atoms with Crippen molar-refractivity contribution < 1.29 is 81.3 Å². The Morgan fingerprint density at radius 1 is 0.675 bits per heavy atom. The number of nitrogens with two attached hydrogens (primary N) is 1. The topological polar surface area (TPSA) is 400 Å². The van der Waals surface area contributed by atoms with Gasteiger partial charge in [-0.2, -0.15) is 10.2 Å². The highest BCUT2D eigenvalue weighted by molar-refractivity contribution is 7.13. The number of allylic oxidation sites excluding steroid dienone is 2. The second-order valence-electron chi connectivity index (χ2n) is 28.5. The maximum atomic E-state index is 14.1. The molecule has 2 saturated heterocycles. The molecular weight excluding hydrogens is 1490 g/mol. The lowest BCUT2D eigenvalue weighted by atomic mass is 9.85. The third-order valence-electron chi connectivity index (χ3n) is 19.0. The molecule has 8 aromatic rings. The van der Waals surface area contributed by atoms with Crippen LogP contribution in [0.5, 0.6) is 11.5 Å². The van der Waals surface area contributed by atoms with Crippen LogP contribution in [0.15, 0.2) is 78.3 Å². The lowest BCUT2D eigenvalue weighted by Crippen LogP contribution is -2.57. The smallest absolute Gasteiger partial charge is 0.276 e. The number of amides is 7. The number of likely N-dealkylation sites (tertiary alicyclic amines) is 1. The lowest BCUT2D eigenvalue weighted by Gasteiger charge is -2.35. The van der Waals surface area contributed by atoms with E-state index in [-0.39, 0.29) is 113 Å². The summed E-state index contributed by atoms with van der Waals surface area (Å²) in [6.07, 6.45) is 3.59. The number of hydrogen-bond donors (Lipinski definition) is 7. The number of carbonyl (C=O) groups excluding carboxylic acids is 7. The molecule has 3 atom stereocenters. The molecule has 2 aliphatic heterocycles. The number of aliphatic hydroxyl groups excluding tert-OH is 1. The van der Waals surface area contributed by atoms with Crippen molar-refractivity contribution in [3.05, 3.63) is 123 Å². The Balaban J connectivity index is 0.628. The van der Waals surface area contributed by atoms with E-state index in [1.54, 1.807) is 85.6 Å². The van der Waals surface area contributed by atoms with Crippen molar-refractivity contribution in [1.29, 1.82) is 0 Å². The van der Waals surface area contributed by atoms with Gasteiger partial charge in [0.2, 0.25) is 35.5 Å². The number of β-amino-alcohol motifs (C(OH)–C–C–N with tert-alkyl or cyclic N) is 1. The van der Waals surface area contributed by atoms with Gasteiger partial charge in [-0.25, -0.2) is 15.0 Å². The first-order chi connectivity index (χ1) is 55.0. The number of hydrogen-bond acceptors (Lipinski definition) is 24. The van der Waals surface area contributed by atoms with Gasteiger partial charge in [-0.1, -0.05) is 57.2 Å². The predicted molar refractivity (Wildman–Crippen MR) is 426 cm³/mol. The minimum absolute atomic E-state index is 0.00385. The number of nitrogens with one attached hydrogen (secondary N) is 5. The van der Waals surface area contributed by atoms with Crippen molar-refractivity contribution in [1.82, 2.24) is 69.4 Å². The van der Waals surface area contributed by atoms with E-state index in [0.29, 0.717) is 142 Å². The van der Waals surface area contributed by atoms with Crippen molar-refractivity contribution in [2.45, 2.75) is 126 Å². The van der Waals surface area contributed by atoms with Crippen LogP contribution in [0.2, 0.25) is 0 Å².